The van der Waals surface area contributed by atoms with Gasteiger partial charge in [-0.15, -0.1) is 0 Å². The summed E-state index contributed by atoms with van der Waals surface area (Å²) in [5.41, 5.74) is 1.66. The molecule has 0 aromatic heterocycles. The van der Waals surface area contributed by atoms with E-state index in [9.17, 15) is 9.59 Å². The van der Waals surface area contributed by atoms with E-state index in [-0.39, 0.29) is 18.4 Å². The van der Waals surface area contributed by atoms with E-state index in [4.69, 9.17) is 11.6 Å². The summed E-state index contributed by atoms with van der Waals surface area (Å²) in [5.74, 6) is -0.486. The maximum absolute atomic E-state index is 12.3. The smallest absolute Gasteiger partial charge is 0.253 e. The first-order valence-electron chi connectivity index (χ1n) is 6.12. The molecule has 0 radical (unpaired) electrons. The van der Waals surface area contributed by atoms with Gasteiger partial charge in [0.1, 0.15) is 0 Å². The molecule has 0 saturated heterocycles. The second-order valence-electron chi connectivity index (χ2n) is 4.41. The molecule has 0 fully saturated rings. The van der Waals surface area contributed by atoms with Crippen LogP contribution in [-0.4, -0.2) is 18.4 Å². The maximum Gasteiger partial charge on any atom is 0.253 e. The summed E-state index contributed by atoms with van der Waals surface area (Å²) in [6, 6.07) is 14.1. The van der Waals surface area contributed by atoms with Crippen molar-refractivity contribution in [1.82, 2.24) is 5.32 Å². The number of halogens is 1. The lowest BCUT2D eigenvalue weighted by molar-refractivity contribution is -0.116. The van der Waals surface area contributed by atoms with Crippen LogP contribution in [0.4, 0.5) is 11.4 Å². The Balaban J connectivity index is 2.21. The Bertz CT molecular complexity index is 686. The molecule has 20 heavy (non-hydrogen) atoms. The third kappa shape index (κ3) is 2.14. The molecule has 3 rings (SSSR count). The Morgan fingerprint density at radius 3 is 2.55 bits per heavy atom. The molecule has 0 aliphatic carbocycles. The minimum absolute atomic E-state index is 0.0416. The van der Waals surface area contributed by atoms with Gasteiger partial charge in [-0.05, 0) is 30.3 Å². The molecule has 0 bridgehead atoms. The van der Waals surface area contributed by atoms with Crippen molar-refractivity contribution in [1.29, 1.82) is 0 Å². The molecule has 2 aromatic rings. The zero-order valence-electron chi connectivity index (χ0n) is 10.5. The lowest BCUT2D eigenvalue weighted by Gasteiger charge is -2.22. The quantitative estimate of drug-likeness (QED) is 0.876. The lowest BCUT2D eigenvalue weighted by atomic mass is 10.1. The summed E-state index contributed by atoms with van der Waals surface area (Å²) in [6.07, 6.45) is 0. The number of carbonyl (C=O) groups excluding carboxylic acids is 2. The van der Waals surface area contributed by atoms with Crippen molar-refractivity contribution in [3.63, 3.8) is 0 Å². The second-order valence-corrected chi connectivity index (χ2v) is 4.85. The first kappa shape index (κ1) is 12.7. The molecular weight excluding hydrogens is 276 g/mol. The molecule has 1 aliphatic heterocycles. The van der Waals surface area contributed by atoms with E-state index in [0.29, 0.717) is 16.3 Å². The number of para-hydroxylation sites is 1. The highest BCUT2D eigenvalue weighted by Crippen LogP contribution is 2.31. The summed E-state index contributed by atoms with van der Waals surface area (Å²) in [4.78, 5) is 25.8. The highest BCUT2D eigenvalue weighted by atomic mass is 35.5. The Labute approximate surface area is 121 Å². The third-order valence-electron chi connectivity index (χ3n) is 3.11. The van der Waals surface area contributed by atoms with E-state index in [1.165, 1.54) is 4.90 Å². The van der Waals surface area contributed by atoms with Crippen molar-refractivity contribution in [3.05, 3.63) is 59.1 Å². The SMILES string of the molecule is O=C1NCC(=O)N(c2ccccc2)c2ccc(Cl)cc21. The Morgan fingerprint density at radius 2 is 1.80 bits per heavy atom. The van der Waals surface area contributed by atoms with Gasteiger partial charge in [0, 0.05) is 10.7 Å². The highest BCUT2D eigenvalue weighted by molar-refractivity contribution is 6.31. The van der Waals surface area contributed by atoms with Gasteiger partial charge in [0.2, 0.25) is 0 Å². The van der Waals surface area contributed by atoms with Crippen molar-refractivity contribution in [2.75, 3.05) is 11.4 Å². The van der Waals surface area contributed by atoms with Crippen molar-refractivity contribution >= 4 is 34.8 Å². The average molecular weight is 287 g/mol. The fourth-order valence-corrected chi connectivity index (χ4v) is 2.38. The monoisotopic (exact) mass is 286 g/mol. The fraction of sp³-hybridized carbons (Fsp3) is 0.0667. The van der Waals surface area contributed by atoms with Crippen LogP contribution in [0.15, 0.2) is 48.5 Å². The van der Waals surface area contributed by atoms with E-state index in [2.05, 4.69) is 5.32 Å². The van der Waals surface area contributed by atoms with Crippen molar-refractivity contribution in [2.24, 2.45) is 0 Å². The number of anilines is 2. The molecule has 5 heteroatoms. The van der Waals surface area contributed by atoms with Crippen LogP contribution in [0.3, 0.4) is 0 Å². The average Bonchev–Trinajstić information content (AvgIpc) is 2.58. The van der Waals surface area contributed by atoms with Crippen LogP contribution in [0.2, 0.25) is 5.02 Å². The van der Waals surface area contributed by atoms with Crippen LogP contribution in [-0.2, 0) is 4.79 Å². The largest absolute Gasteiger partial charge is 0.343 e. The summed E-state index contributed by atoms with van der Waals surface area (Å²) >= 11 is 5.94. The van der Waals surface area contributed by atoms with E-state index >= 15 is 0 Å². The van der Waals surface area contributed by atoms with Crippen LogP contribution in [0.1, 0.15) is 10.4 Å². The van der Waals surface area contributed by atoms with Crippen LogP contribution in [0, 0.1) is 0 Å². The summed E-state index contributed by atoms with van der Waals surface area (Å²) in [6.45, 7) is -0.0416. The van der Waals surface area contributed by atoms with Gasteiger partial charge in [-0.2, -0.15) is 0 Å². The number of hydrogen-bond donors (Lipinski definition) is 1. The Morgan fingerprint density at radius 1 is 1.05 bits per heavy atom. The second kappa shape index (κ2) is 4.98. The van der Waals surface area contributed by atoms with Gasteiger partial charge >= 0.3 is 0 Å². The van der Waals surface area contributed by atoms with Gasteiger partial charge in [-0.3, -0.25) is 14.5 Å². The van der Waals surface area contributed by atoms with Crippen molar-refractivity contribution < 1.29 is 9.59 Å². The standard InChI is InChI=1S/C15H11ClN2O2/c16-10-6-7-13-12(8-10)15(20)17-9-14(19)18(13)11-4-2-1-3-5-11/h1-8H,9H2,(H,17,20). The minimum atomic E-state index is -0.297. The molecule has 2 aromatic carbocycles. The lowest BCUT2D eigenvalue weighted by Crippen LogP contribution is -2.33. The number of fused-ring (bicyclic) bond motifs is 1. The number of benzene rings is 2. The zero-order valence-corrected chi connectivity index (χ0v) is 11.2. The van der Waals surface area contributed by atoms with E-state index in [1.54, 1.807) is 18.2 Å². The first-order valence-corrected chi connectivity index (χ1v) is 6.50. The molecule has 4 nitrogen and oxygen atoms in total. The summed E-state index contributed by atoms with van der Waals surface area (Å²) in [7, 11) is 0. The normalized spacial score (nSPS) is 14.6. The Hall–Kier alpha value is -2.33. The highest BCUT2D eigenvalue weighted by Gasteiger charge is 2.27. The molecule has 2 amide bonds. The first-order chi connectivity index (χ1) is 9.66. The number of carbonyl (C=O) groups is 2. The number of hydrogen-bond acceptors (Lipinski definition) is 2. The van der Waals surface area contributed by atoms with Crippen molar-refractivity contribution in [2.45, 2.75) is 0 Å². The molecule has 1 N–H and O–H groups in total. The summed E-state index contributed by atoms with van der Waals surface area (Å²) in [5, 5.41) is 3.05. The molecule has 0 saturated carbocycles. The third-order valence-corrected chi connectivity index (χ3v) is 3.34. The Kier molecular flexibility index (Phi) is 3.16. The number of nitrogens with one attached hydrogen (secondary N) is 1. The van der Waals surface area contributed by atoms with Crippen LogP contribution < -0.4 is 10.2 Å². The number of amides is 2. The van der Waals surface area contributed by atoms with Gasteiger partial charge < -0.3 is 5.32 Å². The molecule has 100 valence electrons. The maximum atomic E-state index is 12.3. The number of nitrogens with zero attached hydrogens (tertiary/aromatic N) is 1. The molecule has 1 heterocycles. The van der Waals surface area contributed by atoms with Crippen LogP contribution in [0.5, 0.6) is 0 Å². The van der Waals surface area contributed by atoms with Gasteiger partial charge in [-0.1, -0.05) is 29.8 Å². The van der Waals surface area contributed by atoms with Crippen LogP contribution >= 0.6 is 11.6 Å². The molecular formula is C15H11ClN2O2. The van der Waals surface area contributed by atoms with Crippen LogP contribution in [0.25, 0.3) is 0 Å². The van der Waals surface area contributed by atoms with Gasteiger partial charge in [-0.25, -0.2) is 0 Å². The van der Waals surface area contributed by atoms with E-state index in [0.717, 1.165) is 5.69 Å². The van der Waals surface area contributed by atoms with Gasteiger partial charge in [0.15, 0.2) is 0 Å². The van der Waals surface area contributed by atoms with E-state index in [1.807, 2.05) is 30.3 Å². The fourth-order valence-electron chi connectivity index (χ4n) is 2.21. The molecule has 0 unspecified atom stereocenters. The molecule has 1 aliphatic rings. The summed E-state index contributed by atoms with van der Waals surface area (Å²) < 4.78 is 0. The number of rotatable bonds is 1. The van der Waals surface area contributed by atoms with Gasteiger partial charge in [0.25, 0.3) is 11.8 Å². The van der Waals surface area contributed by atoms with Gasteiger partial charge in [0.05, 0.1) is 17.8 Å². The predicted molar refractivity (Wildman–Crippen MR) is 77.4 cm³/mol. The minimum Gasteiger partial charge on any atom is -0.343 e. The topological polar surface area (TPSA) is 49.4 Å². The van der Waals surface area contributed by atoms with E-state index < -0.39 is 0 Å². The molecule has 0 spiro atoms. The van der Waals surface area contributed by atoms with Crippen molar-refractivity contribution in [3.8, 4) is 0 Å². The zero-order chi connectivity index (χ0) is 14.1. The predicted octanol–water partition coefficient (Wildman–Crippen LogP) is 2.75. The molecule has 0 atom stereocenters.